The van der Waals surface area contributed by atoms with E-state index in [1.807, 2.05) is 27.9 Å². The van der Waals surface area contributed by atoms with Crippen molar-refractivity contribution in [1.29, 1.82) is 0 Å². The zero-order valence-electron chi connectivity index (χ0n) is 18.9. The van der Waals surface area contributed by atoms with Gasteiger partial charge < -0.3 is 26.2 Å². The van der Waals surface area contributed by atoms with Crippen LogP contribution in [0.4, 0.5) is 11.8 Å². The van der Waals surface area contributed by atoms with Gasteiger partial charge in [0.25, 0.3) is 0 Å². The maximum absolute atomic E-state index is 9.43. The summed E-state index contributed by atoms with van der Waals surface area (Å²) in [5.74, 6) is 0.890. The van der Waals surface area contributed by atoms with E-state index in [-0.39, 0.29) is 12.6 Å². The van der Waals surface area contributed by atoms with Gasteiger partial charge in [0.2, 0.25) is 5.95 Å². The number of aliphatic hydroxyl groups excluding tert-OH is 1. The maximum atomic E-state index is 9.43. The highest BCUT2D eigenvalue weighted by Gasteiger charge is 2.17. The molecule has 0 amide bonds. The van der Waals surface area contributed by atoms with Crippen molar-refractivity contribution in [2.75, 3.05) is 43.5 Å². The number of aromatic nitrogens is 4. The zero-order chi connectivity index (χ0) is 22.8. The molecular formula is C23H35N7O2. The van der Waals surface area contributed by atoms with Gasteiger partial charge in [-0.25, -0.2) is 4.98 Å². The zero-order valence-corrected chi connectivity index (χ0v) is 18.9. The fraction of sp³-hybridized carbons (Fsp3) is 0.522. The minimum atomic E-state index is 0.0450. The van der Waals surface area contributed by atoms with Crippen LogP contribution < -0.4 is 16.4 Å². The first-order valence-electron chi connectivity index (χ1n) is 11.4. The third-order valence-electron chi connectivity index (χ3n) is 5.29. The number of hydrogen-bond donors (Lipinski definition) is 3. The number of unbranched alkanes of at least 4 members (excludes halogenated alkanes) is 1. The fourth-order valence-electron chi connectivity index (χ4n) is 3.53. The number of nitrogen functional groups attached to an aromatic ring is 1. The lowest BCUT2D eigenvalue weighted by molar-refractivity contribution is 0.198. The Bertz CT molecular complexity index is 947. The molecule has 1 aliphatic heterocycles. The van der Waals surface area contributed by atoms with Crippen LogP contribution in [0.15, 0.2) is 30.5 Å². The van der Waals surface area contributed by atoms with Gasteiger partial charge in [0, 0.05) is 32.8 Å². The number of anilines is 2. The third-order valence-corrected chi connectivity index (χ3v) is 5.29. The molecule has 9 nitrogen and oxygen atoms in total. The number of nitrogens with two attached hydrogens (primary N) is 2. The number of benzene rings is 1. The van der Waals surface area contributed by atoms with E-state index in [2.05, 4.69) is 29.0 Å². The summed E-state index contributed by atoms with van der Waals surface area (Å²) < 4.78 is 6.79. The van der Waals surface area contributed by atoms with E-state index < -0.39 is 0 Å². The van der Waals surface area contributed by atoms with E-state index in [4.69, 9.17) is 21.3 Å². The molecule has 0 radical (unpaired) electrons. The molecule has 4 rings (SSSR count). The highest BCUT2D eigenvalue weighted by molar-refractivity contribution is 5.86. The predicted octanol–water partition coefficient (Wildman–Crippen LogP) is 2.31. The second kappa shape index (κ2) is 12.3. The summed E-state index contributed by atoms with van der Waals surface area (Å²) in [6.45, 7) is 6.60. The minimum Gasteiger partial charge on any atom is -0.395 e. The molecule has 0 aliphatic carbocycles. The van der Waals surface area contributed by atoms with Crippen molar-refractivity contribution in [3.8, 4) is 0 Å². The lowest BCUT2D eigenvalue weighted by atomic mass is 10.1. The Morgan fingerprint density at radius 3 is 2.41 bits per heavy atom. The quantitative estimate of drug-likeness (QED) is 0.461. The highest BCUT2D eigenvalue weighted by Crippen LogP contribution is 2.24. The Labute approximate surface area is 189 Å². The van der Waals surface area contributed by atoms with Crippen molar-refractivity contribution in [2.24, 2.45) is 5.73 Å². The highest BCUT2D eigenvalue weighted by atomic mass is 16.5. The second-order valence-corrected chi connectivity index (χ2v) is 7.87. The van der Waals surface area contributed by atoms with Gasteiger partial charge in [0.05, 0.1) is 19.3 Å². The number of hydrogen-bond acceptors (Lipinski definition) is 8. The molecule has 174 valence electrons. The van der Waals surface area contributed by atoms with Crippen LogP contribution in [-0.2, 0) is 17.8 Å². The number of fused-ring (bicyclic) bond motifs is 1. The van der Waals surface area contributed by atoms with Crippen molar-refractivity contribution in [1.82, 2.24) is 19.7 Å². The van der Waals surface area contributed by atoms with E-state index in [1.54, 1.807) is 0 Å². The van der Waals surface area contributed by atoms with Gasteiger partial charge in [-0.3, -0.25) is 4.68 Å². The van der Waals surface area contributed by atoms with E-state index in [1.165, 1.54) is 12.8 Å². The summed E-state index contributed by atoms with van der Waals surface area (Å²) in [6.07, 6.45) is 6.49. The van der Waals surface area contributed by atoms with Crippen LogP contribution >= 0.6 is 0 Å². The lowest BCUT2D eigenvalue weighted by Gasteiger charge is -2.22. The SMILES string of the molecule is C1CCOC1.CCCCN(CCO)c1nc(N)nc2cn(Cc3ccc(CN)cc3)nc12. The standard InChI is InChI=1S/C19H27N7O.C4H8O/c1-2-3-8-25(9-10-27)18-17-16(22-19(21)23-18)13-26(24-17)12-15-6-4-14(11-20)5-7-15;1-2-4-5-3-1/h4-7,13,27H,2-3,8-12,20H2,1H3,(H2,21,22);1-4H2. The first-order chi connectivity index (χ1) is 15.6. The summed E-state index contributed by atoms with van der Waals surface area (Å²) in [7, 11) is 0. The Hall–Kier alpha value is -2.75. The molecule has 0 bridgehead atoms. The number of rotatable bonds is 9. The monoisotopic (exact) mass is 441 g/mol. The van der Waals surface area contributed by atoms with Crippen LogP contribution in [0.25, 0.3) is 11.0 Å². The van der Waals surface area contributed by atoms with Crippen molar-refractivity contribution in [2.45, 2.75) is 45.7 Å². The molecule has 1 aliphatic rings. The van der Waals surface area contributed by atoms with Gasteiger partial charge in [0.1, 0.15) is 5.52 Å². The molecule has 9 heteroatoms. The molecule has 0 spiro atoms. The molecule has 3 aromatic rings. The largest absolute Gasteiger partial charge is 0.395 e. The number of ether oxygens (including phenoxy) is 1. The lowest BCUT2D eigenvalue weighted by Crippen LogP contribution is -2.29. The Balaban J connectivity index is 0.000000509. The van der Waals surface area contributed by atoms with E-state index in [0.717, 1.165) is 43.7 Å². The molecule has 0 saturated carbocycles. The minimum absolute atomic E-state index is 0.0450. The van der Waals surface area contributed by atoms with Crippen molar-refractivity contribution in [3.05, 3.63) is 41.6 Å². The van der Waals surface area contributed by atoms with Crippen LogP contribution in [0, 0.1) is 0 Å². The first kappa shape index (κ1) is 23.9. The van der Waals surface area contributed by atoms with Crippen molar-refractivity contribution in [3.63, 3.8) is 0 Å². The smallest absolute Gasteiger partial charge is 0.222 e. The Morgan fingerprint density at radius 2 is 1.81 bits per heavy atom. The molecule has 1 saturated heterocycles. The van der Waals surface area contributed by atoms with Gasteiger partial charge in [-0.05, 0) is 30.4 Å². The van der Waals surface area contributed by atoms with E-state index in [0.29, 0.717) is 36.5 Å². The summed E-state index contributed by atoms with van der Waals surface area (Å²) in [6, 6.07) is 8.15. The maximum Gasteiger partial charge on any atom is 0.222 e. The molecule has 3 heterocycles. The summed E-state index contributed by atoms with van der Waals surface area (Å²) in [5, 5.41) is 14.1. The van der Waals surface area contributed by atoms with Gasteiger partial charge in [-0.2, -0.15) is 10.1 Å². The third kappa shape index (κ3) is 6.62. The van der Waals surface area contributed by atoms with Gasteiger partial charge in [-0.1, -0.05) is 37.6 Å². The Morgan fingerprint density at radius 1 is 1.09 bits per heavy atom. The molecule has 1 aromatic carbocycles. The fourth-order valence-corrected chi connectivity index (χ4v) is 3.53. The summed E-state index contributed by atoms with van der Waals surface area (Å²) in [5.41, 5.74) is 15.2. The number of aliphatic hydroxyl groups is 1. The number of nitrogens with zero attached hydrogens (tertiary/aromatic N) is 5. The van der Waals surface area contributed by atoms with Gasteiger partial charge in [0.15, 0.2) is 11.3 Å². The topological polar surface area (TPSA) is 128 Å². The van der Waals surface area contributed by atoms with Crippen LogP contribution in [0.5, 0.6) is 0 Å². The summed E-state index contributed by atoms with van der Waals surface area (Å²) in [4.78, 5) is 10.8. The van der Waals surface area contributed by atoms with Crippen LogP contribution in [0.2, 0.25) is 0 Å². The van der Waals surface area contributed by atoms with E-state index >= 15 is 0 Å². The molecule has 2 aromatic heterocycles. The summed E-state index contributed by atoms with van der Waals surface area (Å²) >= 11 is 0. The molecular weight excluding hydrogens is 406 g/mol. The molecule has 0 atom stereocenters. The predicted molar refractivity (Wildman–Crippen MR) is 127 cm³/mol. The van der Waals surface area contributed by atoms with Crippen LogP contribution in [-0.4, -0.2) is 57.8 Å². The van der Waals surface area contributed by atoms with Crippen LogP contribution in [0.1, 0.15) is 43.7 Å². The van der Waals surface area contributed by atoms with Crippen molar-refractivity contribution < 1.29 is 9.84 Å². The van der Waals surface area contributed by atoms with Crippen molar-refractivity contribution >= 4 is 22.8 Å². The molecule has 32 heavy (non-hydrogen) atoms. The normalized spacial score (nSPS) is 13.2. The average molecular weight is 442 g/mol. The van der Waals surface area contributed by atoms with Crippen LogP contribution in [0.3, 0.4) is 0 Å². The molecule has 1 fully saturated rings. The van der Waals surface area contributed by atoms with Gasteiger partial charge >= 0.3 is 0 Å². The Kier molecular flexibility index (Phi) is 9.21. The molecule has 5 N–H and O–H groups in total. The van der Waals surface area contributed by atoms with E-state index in [9.17, 15) is 5.11 Å². The average Bonchev–Trinajstić information content (AvgIpc) is 3.50. The molecule has 0 unspecified atom stereocenters. The van der Waals surface area contributed by atoms with Gasteiger partial charge in [-0.15, -0.1) is 0 Å². The first-order valence-corrected chi connectivity index (χ1v) is 11.4. The second-order valence-electron chi connectivity index (χ2n) is 7.87.